The summed E-state index contributed by atoms with van der Waals surface area (Å²) in [5.74, 6) is 0.679. The topological polar surface area (TPSA) is 37.8 Å². The molecule has 3 rings (SSSR count). The Labute approximate surface area is 124 Å². The van der Waals surface area contributed by atoms with Crippen LogP contribution in [0.5, 0.6) is 0 Å². The fourth-order valence-electron chi connectivity index (χ4n) is 2.20. The summed E-state index contributed by atoms with van der Waals surface area (Å²) in [5, 5.41) is 3.22. The number of aromatic nitrogens is 2. The van der Waals surface area contributed by atoms with Gasteiger partial charge in [-0.05, 0) is 29.2 Å². The molecule has 21 heavy (non-hydrogen) atoms. The minimum atomic E-state index is 0.679. The standard InChI is InChI=1S/C18H17N3/c1-2-5-16(6-3-1)17-9-7-15(8-10-17)11-14-21-18-19-12-4-13-20-18/h1-10,12-13H,11,14H2,(H,19,20,21). The molecule has 0 unspecified atom stereocenters. The molecule has 104 valence electrons. The molecule has 0 radical (unpaired) electrons. The minimum Gasteiger partial charge on any atom is -0.354 e. The van der Waals surface area contributed by atoms with Gasteiger partial charge in [0.15, 0.2) is 0 Å². The first-order valence-electron chi connectivity index (χ1n) is 7.07. The maximum Gasteiger partial charge on any atom is 0.222 e. The van der Waals surface area contributed by atoms with Crippen LogP contribution in [0.3, 0.4) is 0 Å². The van der Waals surface area contributed by atoms with Crippen LogP contribution in [0.4, 0.5) is 5.95 Å². The summed E-state index contributed by atoms with van der Waals surface area (Å²) in [6, 6.07) is 20.9. The summed E-state index contributed by atoms with van der Waals surface area (Å²) in [7, 11) is 0. The van der Waals surface area contributed by atoms with Crippen LogP contribution in [0, 0.1) is 0 Å². The molecule has 3 heteroatoms. The highest BCUT2D eigenvalue weighted by atomic mass is 15.1. The van der Waals surface area contributed by atoms with Crippen LogP contribution in [0.1, 0.15) is 5.56 Å². The van der Waals surface area contributed by atoms with E-state index in [4.69, 9.17) is 0 Å². The quantitative estimate of drug-likeness (QED) is 0.769. The van der Waals surface area contributed by atoms with Gasteiger partial charge in [-0.3, -0.25) is 0 Å². The first-order valence-corrected chi connectivity index (χ1v) is 7.07. The lowest BCUT2D eigenvalue weighted by Crippen LogP contribution is -2.07. The Kier molecular flexibility index (Phi) is 4.22. The Hall–Kier alpha value is -2.68. The minimum absolute atomic E-state index is 0.679. The number of nitrogens with one attached hydrogen (secondary N) is 1. The number of hydrogen-bond donors (Lipinski definition) is 1. The molecule has 3 aromatic rings. The highest BCUT2D eigenvalue weighted by Gasteiger charge is 1.98. The van der Waals surface area contributed by atoms with Gasteiger partial charge in [-0.1, -0.05) is 54.6 Å². The molecule has 2 aromatic carbocycles. The number of rotatable bonds is 5. The molecule has 0 aliphatic carbocycles. The van der Waals surface area contributed by atoms with E-state index in [9.17, 15) is 0 Å². The Morgan fingerprint density at radius 1 is 0.714 bits per heavy atom. The van der Waals surface area contributed by atoms with Crippen LogP contribution in [-0.2, 0) is 6.42 Å². The van der Waals surface area contributed by atoms with Crippen molar-refractivity contribution in [1.82, 2.24) is 9.97 Å². The fraction of sp³-hybridized carbons (Fsp3) is 0.111. The summed E-state index contributed by atoms with van der Waals surface area (Å²) in [6.07, 6.45) is 4.43. The van der Waals surface area contributed by atoms with Gasteiger partial charge in [-0.2, -0.15) is 0 Å². The highest BCUT2D eigenvalue weighted by molar-refractivity contribution is 5.63. The molecule has 0 aliphatic rings. The van der Waals surface area contributed by atoms with E-state index in [0.717, 1.165) is 13.0 Å². The molecule has 0 fully saturated rings. The van der Waals surface area contributed by atoms with Crippen molar-refractivity contribution in [3.8, 4) is 11.1 Å². The van der Waals surface area contributed by atoms with E-state index in [-0.39, 0.29) is 0 Å². The lowest BCUT2D eigenvalue weighted by Gasteiger charge is -2.06. The van der Waals surface area contributed by atoms with Gasteiger partial charge in [0.25, 0.3) is 0 Å². The smallest absolute Gasteiger partial charge is 0.222 e. The average molecular weight is 275 g/mol. The van der Waals surface area contributed by atoms with Crippen LogP contribution < -0.4 is 5.32 Å². The van der Waals surface area contributed by atoms with Crippen molar-refractivity contribution in [2.24, 2.45) is 0 Å². The molecule has 0 spiro atoms. The first-order chi connectivity index (χ1) is 10.4. The number of anilines is 1. The SMILES string of the molecule is c1ccc(-c2ccc(CCNc3ncccn3)cc2)cc1. The Bertz CT molecular complexity index is 664. The normalized spacial score (nSPS) is 10.3. The Morgan fingerprint density at radius 3 is 2.10 bits per heavy atom. The van der Waals surface area contributed by atoms with E-state index in [1.165, 1.54) is 16.7 Å². The van der Waals surface area contributed by atoms with Gasteiger partial charge < -0.3 is 5.32 Å². The first kappa shape index (κ1) is 13.3. The van der Waals surface area contributed by atoms with Crippen molar-refractivity contribution in [1.29, 1.82) is 0 Å². The second kappa shape index (κ2) is 6.66. The van der Waals surface area contributed by atoms with Crippen LogP contribution in [0.2, 0.25) is 0 Å². The molecule has 1 heterocycles. The molecule has 1 N–H and O–H groups in total. The zero-order chi connectivity index (χ0) is 14.3. The van der Waals surface area contributed by atoms with Gasteiger partial charge in [-0.15, -0.1) is 0 Å². The predicted molar refractivity (Wildman–Crippen MR) is 86.1 cm³/mol. The zero-order valence-electron chi connectivity index (χ0n) is 11.7. The number of nitrogens with zero attached hydrogens (tertiary/aromatic N) is 2. The van der Waals surface area contributed by atoms with Crippen LogP contribution >= 0.6 is 0 Å². The molecule has 0 atom stereocenters. The van der Waals surface area contributed by atoms with Crippen LogP contribution in [0.25, 0.3) is 11.1 Å². The van der Waals surface area contributed by atoms with Crippen molar-refractivity contribution < 1.29 is 0 Å². The molecule has 0 saturated heterocycles. The van der Waals surface area contributed by atoms with Gasteiger partial charge in [0.2, 0.25) is 5.95 Å². The maximum absolute atomic E-state index is 4.14. The lowest BCUT2D eigenvalue weighted by atomic mass is 10.0. The van der Waals surface area contributed by atoms with E-state index < -0.39 is 0 Å². The van der Waals surface area contributed by atoms with E-state index in [0.29, 0.717) is 5.95 Å². The predicted octanol–water partition coefficient (Wildman–Crippen LogP) is 3.80. The second-order valence-corrected chi connectivity index (χ2v) is 4.81. The van der Waals surface area contributed by atoms with Crippen LogP contribution in [-0.4, -0.2) is 16.5 Å². The third-order valence-electron chi connectivity index (χ3n) is 3.32. The molecule has 0 saturated carbocycles. The van der Waals surface area contributed by atoms with Crippen molar-refractivity contribution in [2.75, 3.05) is 11.9 Å². The summed E-state index contributed by atoms with van der Waals surface area (Å²) in [6.45, 7) is 0.828. The molecule has 0 bridgehead atoms. The summed E-state index contributed by atoms with van der Waals surface area (Å²) in [5.41, 5.74) is 3.80. The molecule has 0 amide bonds. The molecule has 1 aromatic heterocycles. The molecule has 0 aliphatic heterocycles. The van der Waals surface area contributed by atoms with E-state index in [1.54, 1.807) is 12.4 Å². The van der Waals surface area contributed by atoms with Gasteiger partial charge in [0.1, 0.15) is 0 Å². The van der Waals surface area contributed by atoms with Crippen molar-refractivity contribution in [2.45, 2.75) is 6.42 Å². The number of hydrogen-bond acceptors (Lipinski definition) is 3. The van der Waals surface area contributed by atoms with Crippen molar-refractivity contribution in [3.05, 3.63) is 78.6 Å². The maximum atomic E-state index is 4.14. The van der Waals surface area contributed by atoms with Crippen molar-refractivity contribution in [3.63, 3.8) is 0 Å². The number of benzene rings is 2. The van der Waals surface area contributed by atoms with Gasteiger partial charge in [0, 0.05) is 18.9 Å². The monoisotopic (exact) mass is 275 g/mol. The lowest BCUT2D eigenvalue weighted by molar-refractivity contribution is 0.984. The Morgan fingerprint density at radius 2 is 1.38 bits per heavy atom. The van der Waals surface area contributed by atoms with Crippen LogP contribution in [0.15, 0.2) is 73.1 Å². The second-order valence-electron chi connectivity index (χ2n) is 4.81. The Balaban J connectivity index is 1.58. The fourth-order valence-corrected chi connectivity index (χ4v) is 2.20. The summed E-state index contributed by atoms with van der Waals surface area (Å²) in [4.78, 5) is 8.28. The van der Waals surface area contributed by atoms with Gasteiger partial charge in [-0.25, -0.2) is 9.97 Å². The third-order valence-corrected chi connectivity index (χ3v) is 3.32. The summed E-state index contributed by atoms with van der Waals surface area (Å²) < 4.78 is 0. The molecule has 3 nitrogen and oxygen atoms in total. The largest absolute Gasteiger partial charge is 0.354 e. The van der Waals surface area contributed by atoms with E-state index in [2.05, 4.69) is 63.8 Å². The van der Waals surface area contributed by atoms with E-state index in [1.807, 2.05) is 12.1 Å². The average Bonchev–Trinajstić information content (AvgIpc) is 2.57. The molecular formula is C18H17N3. The van der Waals surface area contributed by atoms with Gasteiger partial charge in [0.05, 0.1) is 0 Å². The van der Waals surface area contributed by atoms with Gasteiger partial charge >= 0.3 is 0 Å². The van der Waals surface area contributed by atoms with E-state index >= 15 is 0 Å². The summed E-state index contributed by atoms with van der Waals surface area (Å²) >= 11 is 0. The zero-order valence-corrected chi connectivity index (χ0v) is 11.7. The molecular weight excluding hydrogens is 258 g/mol. The third kappa shape index (κ3) is 3.66. The highest BCUT2D eigenvalue weighted by Crippen LogP contribution is 2.19. The van der Waals surface area contributed by atoms with Crippen molar-refractivity contribution >= 4 is 5.95 Å².